The van der Waals surface area contributed by atoms with Gasteiger partial charge in [-0.25, -0.2) is 0 Å². The van der Waals surface area contributed by atoms with Crippen LogP contribution in [0, 0.1) is 19.3 Å². The van der Waals surface area contributed by atoms with E-state index in [1.165, 1.54) is 0 Å². The number of nitrogens with zero attached hydrogens (tertiary/aromatic N) is 2. The quantitative estimate of drug-likeness (QED) is 0.665. The number of methoxy groups -OCH3 is 1. The van der Waals surface area contributed by atoms with Crippen LogP contribution in [0.4, 0.5) is 0 Å². The molecule has 2 aromatic rings. The normalized spacial score (nSPS) is 10.6. The minimum atomic E-state index is -0.00162. The summed E-state index contributed by atoms with van der Waals surface area (Å²) in [5.41, 5.74) is 9.24. The largest absolute Gasteiger partial charge is 0.496 e. The van der Waals surface area contributed by atoms with E-state index in [2.05, 4.69) is 21.0 Å². The molecule has 0 bridgehead atoms. The molecule has 1 heterocycles. The zero-order valence-electron chi connectivity index (χ0n) is 11.7. The molecule has 5 nitrogen and oxygen atoms in total. The van der Waals surface area contributed by atoms with E-state index >= 15 is 0 Å². The van der Waals surface area contributed by atoms with Crippen molar-refractivity contribution in [1.29, 1.82) is 5.41 Å². The molecule has 0 saturated carbocycles. The van der Waals surface area contributed by atoms with Gasteiger partial charge in [0.2, 0.25) is 0 Å². The topological polar surface area (TPSA) is 76.9 Å². The van der Waals surface area contributed by atoms with E-state index in [0.29, 0.717) is 17.9 Å². The molecule has 0 fully saturated rings. The third-order valence-corrected chi connectivity index (χ3v) is 4.33. The molecular formula is C14H17BrN4O. The van der Waals surface area contributed by atoms with Gasteiger partial charge < -0.3 is 10.5 Å². The van der Waals surface area contributed by atoms with E-state index in [-0.39, 0.29) is 5.84 Å². The number of ether oxygens (including phenoxy) is 1. The Morgan fingerprint density at radius 2 is 2.15 bits per heavy atom. The first-order valence-electron chi connectivity index (χ1n) is 6.15. The lowest BCUT2D eigenvalue weighted by Gasteiger charge is -2.10. The molecule has 2 rings (SSSR count). The van der Waals surface area contributed by atoms with Crippen LogP contribution in [0.3, 0.4) is 0 Å². The van der Waals surface area contributed by atoms with E-state index in [1.54, 1.807) is 7.11 Å². The fourth-order valence-corrected chi connectivity index (χ4v) is 2.35. The summed E-state index contributed by atoms with van der Waals surface area (Å²) >= 11 is 3.52. The van der Waals surface area contributed by atoms with Crippen molar-refractivity contribution in [2.45, 2.75) is 20.4 Å². The standard InChI is InChI=1S/C14H17BrN4O/c1-8-13(15)9(2)19(18-8)7-10-4-5-12(20-3)11(6-10)14(16)17/h4-6H,7H2,1-3H3,(H3,16,17). The highest BCUT2D eigenvalue weighted by molar-refractivity contribution is 9.10. The van der Waals surface area contributed by atoms with Crippen molar-refractivity contribution in [2.75, 3.05) is 7.11 Å². The highest BCUT2D eigenvalue weighted by Crippen LogP contribution is 2.23. The monoisotopic (exact) mass is 336 g/mol. The zero-order chi connectivity index (χ0) is 14.9. The second-order valence-corrected chi connectivity index (χ2v) is 5.38. The molecule has 0 radical (unpaired) electrons. The highest BCUT2D eigenvalue weighted by atomic mass is 79.9. The summed E-state index contributed by atoms with van der Waals surface area (Å²) in [7, 11) is 1.57. The van der Waals surface area contributed by atoms with Crippen molar-refractivity contribution in [3.63, 3.8) is 0 Å². The maximum absolute atomic E-state index is 7.60. The number of nitrogens with two attached hydrogens (primary N) is 1. The SMILES string of the molecule is COc1ccc(Cn2nc(C)c(Br)c2C)cc1C(=N)N. The molecule has 0 saturated heterocycles. The Bertz CT molecular complexity index is 663. The molecule has 1 aromatic carbocycles. The van der Waals surface area contributed by atoms with Crippen LogP contribution in [-0.2, 0) is 6.54 Å². The van der Waals surface area contributed by atoms with Gasteiger partial charge in [-0.3, -0.25) is 10.1 Å². The van der Waals surface area contributed by atoms with Crippen molar-refractivity contribution in [3.8, 4) is 5.75 Å². The minimum absolute atomic E-state index is 0.00162. The second kappa shape index (κ2) is 5.66. The van der Waals surface area contributed by atoms with Gasteiger partial charge in [0, 0.05) is 0 Å². The Labute approximate surface area is 126 Å². The highest BCUT2D eigenvalue weighted by Gasteiger charge is 2.11. The average molecular weight is 337 g/mol. The van der Waals surface area contributed by atoms with Gasteiger partial charge in [-0.2, -0.15) is 5.10 Å². The summed E-state index contributed by atoms with van der Waals surface area (Å²) in [6.07, 6.45) is 0. The number of amidine groups is 1. The number of aryl methyl sites for hydroxylation is 1. The number of hydrogen-bond donors (Lipinski definition) is 2. The summed E-state index contributed by atoms with van der Waals surface area (Å²) in [5.74, 6) is 0.606. The summed E-state index contributed by atoms with van der Waals surface area (Å²) in [6, 6.07) is 5.65. The third kappa shape index (κ3) is 2.70. The van der Waals surface area contributed by atoms with Crippen LogP contribution in [0.5, 0.6) is 5.75 Å². The van der Waals surface area contributed by atoms with Crippen molar-refractivity contribution >= 4 is 21.8 Å². The van der Waals surface area contributed by atoms with Gasteiger partial charge in [0.25, 0.3) is 0 Å². The molecule has 0 aliphatic heterocycles. The van der Waals surface area contributed by atoms with Gasteiger partial charge in [-0.05, 0) is 47.5 Å². The molecule has 0 amide bonds. The molecule has 106 valence electrons. The van der Waals surface area contributed by atoms with E-state index in [0.717, 1.165) is 21.4 Å². The van der Waals surface area contributed by atoms with Crippen LogP contribution >= 0.6 is 15.9 Å². The van der Waals surface area contributed by atoms with Crippen LogP contribution < -0.4 is 10.5 Å². The Morgan fingerprint density at radius 3 is 2.65 bits per heavy atom. The maximum Gasteiger partial charge on any atom is 0.129 e. The van der Waals surface area contributed by atoms with E-state index in [1.807, 2.05) is 36.7 Å². The number of benzene rings is 1. The van der Waals surface area contributed by atoms with Crippen molar-refractivity contribution in [1.82, 2.24) is 9.78 Å². The molecule has 0 unspecified atom stereocenters. The van der Waals surface area contributed by atoms with Crippen molar-refractivity contribution in [2.24, 2.45) is 5.73 Å². The summed E-state index contributed by atoms with van der Waals surface area (Å²) in [5, 5.41) is 12.1. The number of nitrogens with one attached hydrogen (secondary N) is 1. The van der Waals surface area contributed by atoms with Crippen LogP contribution in [0.2, 0.25) is 0 Å². The molecule has 6 heteroatoms. The lowest BCUT2D eigenvalue weighted by atomic mass is 10.1. The molecule has 0 spiro atoms. The number of halogens is 1. The Kier molecular flexibility index (Phi) is 4.13. The van der Waals surface area contributed by atoms with Crippen LogP contribution in [0.1, 0.15) is 22.5 Å². The molecule has 0 atom stereocenters. The predicted octanol–water partition coefficient (Wildman–Crippen LogP) is 2.60. The van der Waals surface area contributed by atoms with Gasteiger partial charge in [-0.1, -0.05) is 6.07 Å². The second-order valence-electron chi connectivity index (χ2n) is 4.59. The summed E-state index contributed by atoms with van der Waals surface area (Å²) in [4.78, 5) is 0. The fraction of sp³-hybridized carbons (Fsp3) is 0.286. The summed E-state index contributed by atoms with van der Waals surface area (Å²) in [6.45, 7) is 4.60. The predicted molar refractivity (Wildman–Crippen MR) is 82.5 cm³/mol. The van der Waals surface area contributed by atoms with Crippen LogP contribution in [-0.4, -0.2) is 22.7 Å². The Morgan fingerprint density at radius 1 is 1.45 bits per heavy atom. The smallest absolute Gasteiger partial charge is 0.129 e. The number of aromatic nitrogens is 2. The number of nitrogen functional groups attached to an aromatic ring is 1. The average Bonchev–Trinajstić information content (AvgIpc) is 2.66. The molecule has 0 aliphatic rings. The van der Waals surface area contributed by atoms with Gasteiger partial charge in [0.15, 0.2) is 0 Å². The first kappa shape index (κ1) is 14.6. The number of rotatable bonds is 4. The Balaban J connectivity index is 2.36. The first-order chi connectivity index (χ1) is 9.43. The third-order valence-electron chi connectivity index (χ3n) is 3.18. The first-order valence-corrected chi connectivity index (χ1v) is 6.94. The van der Waals surface area contributed by atoms with Crippen molar-refractivity contribution in [3.05, 3.63) is 45.2 Å². The van der Waals surface area contributed by atoms with Gasteiger partial charge >= 0.3 is 0 Å². The maximum atomic E-state index is 7.60. The van der Waals surface area contributed by atoms with E-state index < -0.39 is 0 Å². The van der Waals surface area contributed by atoms with E-state index in [4.69, 9.17) is 15.9 Å². The van der Waals surface area contributed by atoms with Crippen LogP contribution in [0.25, 0.3) is 0 Å². The van der Waals surface area contributed by atoms with Crippen LogP contribution in [0.15, 0.2) is 22.7 Å². The van der Waals surface area contributed by atoms with Crippen molar-refractivity contribution < 1.29 is 4.74 Å². The molecular weight excluding hydrogens is 320 g/mol. The minimum Gasteiger partial charge on any atom is -0.496 e. The summed E-state index contributed by atoms with van der Waals surface area (Å²) < 4.78 is 8.16. The molecule has 3 N–H and O–H groups in total. The van der Waals surface area contributed by atoms with Gasteiger partial charge in [-0.15, -0.1) is 0 Å². The molecule has 0 aliphatic carbocycles. The lowest BCUT2D eigenvalue weighted by molar-refractivity contribution is 0.413. The zero-order valence-corrected chi connectivity index (χ0v) is 13.3. The molecule has 1 aromatic heterocycles. The lowest BCUT2D eigenvalue weighted by Crippen LogP contribution is -2.13. The van der Waals surface area contributed by atoms with Gasteiger partial charge in [0.05, 0.1) is 35.1 Å². The Hall–Kier alpha value is -1.82. The number of hydrogen-bond acceptors (Lipinski definition) is 3. The molecule has 20 heavy (non-hydrogen) atoms. The fourth-order valence-electron chi connectivity index (χ4n) is 2.07. The van der Waals surface area contributed by atoms with E-state index in [9.17, 15) is 0 Å². The van der Waals surface area contributed by atoms with Gasteiger partial charge in [0.1, 0.15) is 11.6 Å².